The first-order valence-corrected chi connectivity index (χ1v) is 3.84. The molecule has 2 heterocycles. The van der Waals surface area contributed by atoms with Gasteiger partial charge < -0.3 is 9.73 Å². The second-order valence-electron chi connectivity index (χ2n) is 2.49. The number of nitrogens with zero attached hydrogens (tertiary/aromatic N) is 4. The van der Waals surface area contributed by atoms with Crippen molar-refractivity contribution in [1.82, 2.24) is 25.1 Å². The molecular formula is C7H9N5O. The molecule has 2 aromatic rings. The number of nitrogens with one attached hydrogen (secondary N) is 1. The van der Waals surface area contributed by atoms with Crippen LogP contribution in [0.2, 0.25) is 0 Å². The minimum absolute atomic E-state index is 0.433. The minimum Gasteiger partial charge on any atom is -0.430 e. The van der Waals surface area contributed by atoms with Crippen LogP contribution in [0.4, 0.5) is 0 Å². The summed E-state index contributed by atoms with van der Waals surface area (Å²) in [6.45, 7) is 0.679. The van der Waals surface area contributed by atoms with Crippen LogP contribution in [0.5, 0.6) is 0 Å². The third-order valence-corrected chi connectivity index (χ3v) is 1.51. The number of hydrogen-bond acceptors (Lipinski definition) is 5. The normalized spacial score (nSPS) is 10.5. The lowest BCUT2D eigenvalue weighted by molar-refractivity contribution is 0.508. The van der Waals surface area contributed by atoms with Crippen molar-refractivity contribution in [3.8, 4) is 6.01 Å². The molecule has 0 aromatic carbocycles. The number of aromatic nitrogens is 4. The maximum absolute atomic E-state index is 5.17. The molecule has 0 fully saturated rings. The Labute approximate surface area is 74.6 Å². The Morgan fingerprint density at radius 2 is 2.54 bits per heavy atom. The number of rotatable bonds is 3. The van der Waals surface area contributed by atoms with Crippen LogP contribution < -0.4 is 5.32 Å². The van der Waals surface area contributed by atoms with E-state index in [2.05, 4.69) is 20.4 Å². The number of oxazole rings is 1. The van der Waals surface area contributed by atoms with Gasteiger partial charge in [0.15, 0.2) is 0 Å². The maximum Gasteiger partial charge on any atom is 0.324 e. The van der Waals surface area contributed by atoms with Crippen LogP contribution >= 0.6 is 0 Å². The van der Waals surface area contributed by atoms with E-state index in [0.717, 1.165) is 5.69 Å². The van der Waals surface area contributed by atoms with E-state index >= 15 is 0 Å². The van der Waals surface area contributed by atoms with Gasteiger partial charge in [0.2, 0.25) is 0 Å². The highest BCUT2D eigenvalue weighted by molar-refractivity contribution is 5.06. The SMILES string of the molecule is CNCc1coc(-n2cncn2)n1. The highest BCUT2D eigenvalue weighted by Gasteiger charge is 2.04. The largest absolute Gasteiger partial charge is 0.430 e. The van der Waals surface area contributed by atoms with Crippen LogP contribution in [0.1, 0.15) is 5.69 Å². The van der Waals surface area contributed by atoms with Crippen molar-refractivity contribution in [2.45, 2.75) is 6.54 Å². The molecule has 0 saturated carbocycles. The highest BCUT2D eigenvalue weighted by atomic mass is 16.4. The van der Waals surface area contributed by atoms with E-state index in [1.807, 2.05) is 7.05 Å². The van der Waals surface area contributed by atoms with Gasteiger partial charge >= 0.3 is 6.01 Å². The molecule has 0 aliphatic rings. The van der Waals surface area contributed by atoms with Gasteiger partial charge in [0.05, 0.1) is 5.69 Å². The Bertz CT molecular complexity index is 366. The molecule has 68 valence electrons. The summed E-state index contributed by atoms with van der Waals surface area (Å²) < 4.78 is 6.64. The molecular weight excluding hydrogens is 170 g/mol. The average molecular weight is 179 g/mol. The Morgan fingerprint density at radius 1 is 1.62 bits per heavy atom. The quantitative estimate of drug-likeness (QED) is 0.716. The molecule has 0 bridgehead atoms. The molecule has 13 heavy (non-hydrogen) atoms. The van der Waals surface area contributed by atoms with E-state index in [1.54, 1.807) is 6.26 Å². The van der Waals surface area contributed by atoms with E-state index in [9.17, 15) is 0 Å². The first-order valence-electron chi connectivity index (χ1n) is 3.84. The summed E-state index contributed by atoms with van der Waals surface area (Å²) in [5.74, 6) is 0. The van der Waals surface area contributed by atoms with E-state index in [4.69, 9.17) is 4.42 Å². The topological polar surface area (TPSA) is 68.8 Å². The summed E-state index contributed by atoms with van der Waals surface area (Å²) in [5.41, 5.74) is 0.841. The molecule has 0 unspecified atom stereocenters. The molecule has 0 aliphatic heterocycles. The monoisotopic (exact) mass is 179 g/mol. The van der Waals surface area contributed by atoms with Gasteiger partial charge in [0.25, 0.3) is 0 Å². The Morgan fingerprint density at radius 3 is 3.23 bits per heavy atom. The summed E-state index contributed by atoms with van der Waals surface area (Å²) in [6.07, 6.45) is 4.56. The van der Waals surface area contributed by atoms with Gasteiger partial charge in [-0.2, -0.15) is 14.8 Å². The van der Waals surface area contributed by atoms with E-state index in [0.29, 0.717) is 12.6 Å². The molecule has 0 radical (unpaired) electrons. The third kappa shape index (κ3) is 1.57. The molecule has 1 N–H and O–H groups in total. The smallest absolute Gasteiger partial charge is 0.324 e. The van der Waals surface area contributed by atoms with Crippen molar-refractivity contribution in [1.29, 1.82) is 0 Å². The molecule has 0 aliphatic carbocycles. The predicted octanol–water partition coefficient (Wildman–Crippen LogP) is -0.0253. The van der Waals surface area contributed by atoms with Crippen molar-refractivity contribution in [2.75, 3.05) is 7.05 Å². The molecule has 6 nitrogen and oxygen atoms in total. The van der Waals surface area contributed by atoms with Gasteiger partial charge in [0.1, 0.15) is 18.9 Å². The van der Waals surface area contributed by atoms with Crippen molar-refractivity contribution >= 4 is 0 Å². The van der Waals surface area contributed by atoms with Gasteiger partial charge in [-0.1, -0.05) is 0 Å². The van der Waals surface area contributed by atoms with Crippen LogP contribution in [0.3, 0.4) is 0 Å². The van der Waals surface area contributed by atoms with Crippen molar-refractivity contribution in [3.05, 3.63) is 24.6 Å². The summed E-state index contributed by atoms with van der Waals surface area (Å²) in [5, 5.41) is 6.86. The fourth-order valence-corrected chi connectivity index (χ4v) is 0.971. The van der Waals surface area contributed by atoms with Crippen LogP contribution in [-0.2, 0) is 6.54 Å². The molecule has 0 spiro atoms. The Hall–Kier alpha value is -1.69. The second kappa shape index (κ2) is 3.36. The van der Waals surface area contributed by atoms with Crippen molar-refractivity contribution in [3.63, 3.8) is 0 Å². The minimum atomic E-state index is 0.433. The Kier molecular flexibility index (Phi) is 2.05. The maximum atomic E-state index is 5.17. The summed E-state index contributed by atoms with van der Waals surface area (Å²) in [7, 11) is 1.85. The summed E-state index contributed by atoms with van der Waals surface area (Å²) in [4.78, 5) is 7.96. The fraction of sp³-hybridized carbons (Fsp3) is 0.286. The van der Waals surface area contributed by atoms with Crippen LogP contribution in [0.25, 0.3) is 6.01 Å². The van der Waals surface area contributed by atoms with Gasteiger partial charge in [-0.15, -0.1) is 0 Å². The zero-order chi connectivity index (χ0) is 9.10. The zero-order valence-electron chi connectivity index (χ0n) is 7.14. The number of hydrogen-bond donors (Lipinski definition) is 1. The average Bonchev–Trinajstić information content (AvgIpc) is 2.70. The molecule has 0 saturated heterocycles. The van der Waals surface area contributed by atoms with Gasteiger partial charge in [-0.3, -0.25) is 0 Å². The third-order valence-electron chi connectivity index (χ3n) is 1.51. The first kappa shape index (κ1) is 7.93. The van der Waals surface area contributed by atoms with Crippen LogP contribution in [-0.4, -0.2) is 26.8 Å². The van der Waals surface area contributed by atoms with Gasteiger partial charge in [-0.25, -0.2) is 4.98 Å². The van der Waals surface area contributed by atoms with Crippen molar-refractivity contribution < 1.29 is 4.42 Å². The molecule has 0 atom stereocenters. The molecule has 2 rings (SSSR count). The van der Waals surface area contributed by atoms with Crippen LogP contribution in [0, 0.1) is 0 Å². The first-order chi connectivity index (χ1) is 6.40. The summed E-state index contributed by atoms with van der Waals surface area (Å²) in [6, 6.07) is 0.433. The lowest BCUT2D eigenvalue weighted by Crippen LogP contribution is -2.05. The van der Waals surface area contributed by atoms with E-state index in [-0.39, 0.29) is 0 Å². The van der Waals surface area contributed by atoms with Gasteiger partial charge in [0, 0.05) is 6.54 Å². The molecule has 2 aromatic heterocycles. The lowest BCUT2D eigenvalue weighted by Gasteiger charge is -1.90. The van der Waals surface area contributed by atoms with Crippen LogP contribution in [0.15, 0.2) is 23.3 Å². The standard InChI is InChI=1S/C7H9N5O/c1-8-2-6-3-13-7(11-6)12-5-9-4-10-12/h3-5,8H,2H2,1H3. The predicted molar refractivity (Wildman–Crippen MR) is 44.2 cm³/mol. The van der Waals surface area contributed by atoms with Gasteiger partial charge in [-0.05, 0) is 7.05 Å². The fourth-order valence-electron chi connectivity index (χ4n) is 0.971. The second-order valence-corrected chi connectivity index (χ2v) is 2.49. The lowest BCUT2D eigenvalue weighted by atomic mass is 10.5. The summed E-state index contributed by atoms with van der Waals surface area (Å²) >= 11 is 0. The molecule has 0 amide bonds. The Balaban J connectivity index is 2.23. The molecule has 6 heteroatoms. The van der Waals surface area contributed by atoms with E-state index < -0.39 is 0 Å². The highest BCUT2D eigenvalue weighted by Crippen LogP contribution is 2.04. The zero-order valence-corrected chi connectivity index (χ0v) is 7.14. The van der Waals surface area contributed by atoms with Crippen molar-refractivity contribution in [2.24, 2.45) is 0 Å². The van der Waals surface area contributed by atoms with E-state index in [1.165, 1.54) is 17.3 Å².